The van der Waals surface area contributed by atoms with Gasteiger partial charge in [0.1, 0.15) is 18.1 Å². The van der Waals surface area contributed by atoms with Crippen molar-refractivity contribution in [2.24, 2.45) is 7.05 Å². The molecule has 0 bridgehead atoms. The van der Waals surface area contributed by atoms with Gasteiger partial charge in [0.25, 0.3) is 0 Å². The van der Waals surface area contributed by atoms with Gasteiger partial charge >= 0.3 is 0 Å². The lowest BCUT2D eigenvalue weighted by Crippen LogP contribution is -2.32. The average molecular weight is 1140 g/mol. The summed E-state index contributed by atoms with van der Waals surface area (Å²) in [5.41, 5.74) is 12.2. The summed E-state index contributed by atoms with van der Waals surface area (Å²) < 4.78 is 112. The van der Waals surface area contributed by atoms with Crippen molar-refractivity contribution in [1.82, 2.24) is 52.3 Å². The Labute approximate surface area is 446 Å². The van der Waals surface area contributed by atoms with Crippen molar-refractivity contribution >= 4 is 51.7 Å². The minimum absolute atomic E-state index is 0.179. The topological polar surface area (TPSA) is 258 Å². The Morgan fingerprint density at radius 1 is 0.553 bits per heavy atom. The smallest absolute Gasteiger partial charge is 0.212 e. The quantitative estimate of drug-likeness (QED) is 0.181. The van der Waals surface area contributed by atoms with Crippen LogP contribution in [0.1, 0.15) is 56.3 Å². The summed E-state index contributed by atoms with van der Waals surface area (Å²) in [7, 11) is -10.9. The molecule has 402 valence electrons. The molecule has 1 aromatic carbocycles. The van der Waals surface area contributed by atoms with Gasteiger partial charge in [-0.2, -0.15) is 27.0 Å². The fourth-order valence-corrected chi connectivity index (χ4v) is 11.9. The van der Waals surface area contributed by atoms with Crippen LogP contribution in [-0.4, -0.2) is 106 Å². The number of halogens is 2. The van der Waals surface area contributed by atoms with Crippen LogP contribution in [-0.2, 0) is 113 Å². The Balaban J connectivity index is 0.000000132. The number of rotatable bonds is 6. The standard InChI is InChI=1S/C18H17FN4O2S.C8H9ClN2O2S.C8H10N2O3S.C8H10N2O2S.C7H8N2/c1-22-9-16(18(21-22)12-3-5-13(19)6-4-12)14-7-8-20-17-11-23(10-15(14)17)26(2,24)25;1-14(12,13)11-4-6-7(9)2-3-10-8(6)5-11;1-14(12,13)9-5-7-3-2-4-10(11)8(7)6-9;1-13(11,12)10-5-7-3-2-4-9-8(7)6-10;1-2-6-4-8-5-7(6)9-3-1/h3-9H,10-11H2,1-2H3;2-3H,4-5H2,1H3;2-4H,5-6H2,1H3;2-4H,5-6H2,1H3;1-3,8H,4-5H2. The van der Waals surface area contributed by atoms with E-state index in [1.807, 2.05) is 43.7 Å². The average Bonchev–Trinajstić information content (AvgIpc) is 4.23. The van der Waals surface area contributed by atoms with Crippen molar-refractivity contribution in [2.75, 3.05) is 25.0 Å². The minimum Gasteiger partial charge on any atom is -0.618 e. The van der Waals surface area contributed by atoms with E-state index >= 15 is 0 Å². The SMILES string of the molecule is CS(=O)(=O)N1Cc2ccc[n+]([O-])c2C1.CS(=O)(=O)N1Cc2cccnc2C1.CS(=O)(=O)N1Cc2nccc(Cl)c2C1.Cn1cc(-c2ccnc3c2CN(S(C)(=O)=O)C3)c(-c2ccc(F)cc2)n1.c1cnc2c(c1)CNC2. The second-order valence-corrected chi connectivity index (χ2v) is 26.7. The third-order valence-corrected chi connectivity index (χ3v) is 17.9. The summed E-state index contributed by atoms with van der Waals surface area (Å²) in [6.07, 6.45) is 14.8. The van der Waals surface area contributed by atoms with Gasteiger partial charge in [0.15, 0.2) is 6.20 Å². The Kier molecular flexibility index (Phi) is 16.8. The lowest BCUT2D eigenvalue weighted by Gasteiger charge is -2.11. The number of nitrogens with one attached hydrogen (secondary N) is 1. The van der Waals surface area contributed by atoms with Crippen molar-refractivity contribution in [3.63, 3.8) is 0 Å². The largest absolute Gasteiger partial charge is 0.618 e. The van der Waals surface area contributed by atoms with Crippen LogP contribution in [0.4, 0.5) is 4.39 Å². The molecular weight excluding hydrogens is 1080 g/mol. The van der Waals surface area contributed by atoms with E-state index < -0.39 is 40.1 Å². The molecule has 0 unspecified atom stereocenters. The highest BCUT2D eigenvalue weighted by atomic mass is 35.5. The summed E-state index contributed by atoms with van der Waals surface area (Å²) in [4.78, 5) is 16.8. The van der Waals surface area contributed by atoms with Crippen LogP contribution in [0.5, 0.6) is 0 Å². The summed E-state index contributed by atoms with van der Waals surface area (Å²) in [6, 6.07) is 20.9. The number of hydrogen-bond acceptors (Lipinski definition) is 15. The number of pyridine rings is 5. The van der Waals surface area contributed by atoms with E-state index in [9.17, 15) is 43.3 Å². The number of aryl methyl sites for hydroxylation is 1. The summed E-state index contributed by atoms with van der Waals surface area (Å²) in [6.45, 7) is 4.50. The van der Waals surface area contributed by atoms with Crippen molar-refractivity contribution in [3.05, 3.63) is 182 Å². The third kappa shape index (κ3) is 13.5. The number of benzene rings is 1. The normalized spacial score (nSPS) is 16.0. The number of aromatic nitrogens is 7. The molecule has 0 aliphatic carbocycles. The highest BCUT2D eigenvalue weighted by Crippen LogP contribution is 2.37. The predicted molar refractivity (Wildman–Crippen MR) is 282 cm³/mol. The molecule has 0 saturated carbocycles. The highest BCUT2D eigenvalue weighted by molar-refractivity contribution is 7.89. The van der Waals surface area contributed by atoms with Crippen LogP contribution in [0.15, 0.2) is 110 Å². The predicted octanol–water partition coefficient (Wildman–Crippen LogP) is 4.21. The molecule has 1 N–H and O–H groups in total. The fourth-order valence-electron chi connectivity index (χ4n) is 8.73. The molecule has 27 heteroatoms. The van der Waals surface area contributed by atoms with E-state index in [0.717, 1.165) is 85.8 Å². The summed E-state index contributed by atoms with van der Waals surface area (Å²) >= 11 is 5.92. The van der Waals surface area contributed by atoms with Gasteiger partial charge in [-0.25, -0.2) is 38.1 Å². The van der Waals surface area contributed by atoms with E-state index in [-0.39, 0.29) is 25.5 Å². The lowest BCUT2D eigenvalue weighted by atomic mass is 9.98. The molecule has 0 amide bonds. The first kappa shape index (κ1) is 56.0. The monoisotopic (exact) mass is 1140 g/mol. The lowest BCUT2D eigenvalue weighted by molar-refractivity contribution is -0.614. The van der Waals surface area contributed by atoms with Crippen LogP contribution in [0.25, 0.3) is 22.4 Å². The molecule has 0 atom stereocenters. The molecule has 0 radical (unpaired) electrons. The molecule has 0 saturated heterocycles. The van der Waals surface area contributed by atoms with Gasteiger partial charge in [-0.3, -0.25) is 24.6 Å². The molecule has 11 heterocycles. The molecule has 0 spiro atoms. The maximum Gasteiger partial charge on any atom is 0.212 e. The van der Waals surface area contributed by atoms with E-state index in [1.165, 1.54) is 65.6 Å². The summed E-state index contributed by atoms with van der Waals surface area (Å²) in [5.74, 6) is -0.306. The van der Waals surface area contributed by atoms with Crippen molar-refractivity contribution in [2.45, 2.75) is 65.4 Å². The zero-order valence-electron chi connectivity index (χ0n) is 41.9. The Morgan fingerprint density at radius 3 is 1.66 bits per heavy atom. The first-order valence-corrected chi connectivity index (χ1v) is 31.1. The first-order valence-electron chi connectivity index (χ1n) is 23.3. The molecule has 5 aliphatic rings. The zero-order valence-corrected chi connectivity index (χ0v) is 46.0. The second kappa shape index (κ2) is 22.8. The fraction of sp³-hybridized carbons (Fsp3) is 0.306. The van der Waals surface area contributed by atoms with Crippen LogP contribution < -0.4 is 10.0 Å². The van der Waals surface area contributed by atoms with Crippen LogP contribution in [0.3, 0.4) is 0 Å². The van der Waals surface area contributed by atoms with Crippen LogP contribution >= 0.6 is 11.6 Å². The Bertz CT molecular complexity index is 3630. The Hall–Kier alpha value is -6.20. The van der Waals surface area contributed by atoms with E-state index in [0.29, 0.717) is 43.4 Å². The number of hydrogen-bond donors (Lipinski definition) is 1. The maximum absolute atomic E-state index is 13.3. The van der Waals surface area contributed by atoms with Crippen LogP contribution in [0.2, 0.25) is 5.02 Å². The van der Waals surface area contributed by atoms with Gasteiger partial charge < -0.3 is 10.5 Å². The Morgan fingerprint density at radius 2 is 1.07 bits per heavy atom. The highest BCUT2D eigenvalue weighted by Gasteiger charge is 2.33. The van der Waals surface area contributed by atoms with E-state index in [4.69, 9.17) is 11.6 Å². The molecule has 76 heavy (non-hydrogen) atoms. The first-order chi connectivity index (χ1) is 35.8. The zero-order chi connectivity index (χ0) is 54.7. The summed E-state index contributed by atoms with van der Waals surface area (Å²) in [5, 5.41) is 19.6. The molecule has 0 fully saturated rings. The van der Waals surface area contributed by atoms with E-state index in [1.54, 1.807) is 53.6 Å². The van der Waals surface area contributed by atoms with E-state index in [2.05, 4.69) is 36.4 Å². The van der Waals surface area contributed by atoms with Gasteiger partial charge in [0.05, 0.1) is 67.4 Å². The van der Waals surface area contributed by atoms with Crippen LogP contribution in [0, 0.1) is 11.0 Å². The second-order valence-electron chi connectivity index (χ2n) is 18.3. The molecule has 7 aromatic rings. The van der Waals surface area contributed by atoms with Crippen molar-refractivity contribution in [3.8, 4) is 22.4 Å². The van der Waals surface area contributed by atoms with Gasteiger partial charge in [-0.05, 0) is 76.9 Å². The molecule has 12 rings (SSSR count). The number of sulfonamides is 4. The van der Waals surface area contributed by atoms with Gasteiger partial charge in [-0.15, -0.1) is 0 Å². The third-order valence-electron chi connectivity index (χ3n) is 12.7. The van der Waals surface area contributed by atoms with Crippen molar-refractivity contribution in [1.29, 1.82) is 0 Å². The number of fused-ring (bicyclic) bond motifs is 5. The molecule has 21 nitrogen and oxygen atoms in total. The van der Waals surface area contributed by atoms with Gasteiger partial charge in [-0.1, -0.05) is 23.7 Å². The molecule has 5 aliphatic heterocycles. The molecular formula is C49H54ClFN12O9S4. The van der Waals surface area contributed by atoms with Gasteiger partial charge in [0, 0.05) is 111 Å². The maximum atomic E-state index is 13.3. The van der Waals surface area contributed by atoms with Crippen molar-refractivity contribution < 1.29 is 42.8 Å². The number of nitrogens with zero attached hydrogens (tertiary/aromatic N) is 11. The molecule has 6 aromatic heterocycles. The van der Waals surface area contributed by atoms with Gasteiger partial charge in [0.2, 0.25) is 45.8 Å². The minimum atomic E-state index is -3.30.